The molecular formula is C27H26CoNO2S. The second-order valence-electron chi connectivity index (χ2n) is 8.24. The van der Waals surface area contributed by atoms with Crippen molar-refractivity contribution in [3.8, 4) is 0 Å². The molecule has 6 radical (unpaired) electrons. The van der Waals surface area contributed by atoms with E-state index in [1.54, 1.807) is 28.6 Å². The molecule has 5 heteroatoms. The van der Waals surface area contributed by atoms with Crippen molar-refractivity contribution >= 4 is 15.7 Å². The van der Waals surface area contributed by atoms with Gasteiger partial charge in [-0.15, -0.1) is 0 Å². The Morgan fingerprint density at radius 3 is 1.94 bits per heavy atom. The van der Waals surface area contributed by atoms with E-state index in [9.17, 15) is 8.42 Å². The molecule has 32 heavy (non-hydrogen) atoms. The predicted molar refractivity (Wildman–Crippen MR) is 125 cm³/mol. The van der Waals surface area contributed by atoms with Gasteiger partial charge in [0.1, 0.15) is 0 Å². The van der Waals surface area contributed by atoms with Crippen LogP contribution in [-0.4, -0.2) is 14.5 Å². The minimum atomic E-state index is -3.60. The summed E-state index contributed by atoms with van der Waals surface area (Å²) in [5.41, 5.74) is 4.70. The molecule has 3 nitrogen and oxygen atoms in total. The van der Waals surface area contributed by atoms with E-state index in [4.69, 9.17) is 0 Å². The van der Waals surface area contributed by atoms with Gasteiger partial charge >= 0.3 is 0 Å². The van der Waals surface area contributed by atoms with Crippen LogP contribution in [0.3, 0.4) is 0 Å². The van der Waals surface area contributed by atoms with Crippen LogP contribution >= 0.6 is 0 Å². The fourth-order valence-electron chi connectivity index (χ4n) is 4.89. The zero-order chi connectivity index (χ0) is 21.3. The third-order valence-corrected chi connectivity index (χ3v) is 8.16. The first-order valence-corrected chi connectivity index (χ1v) is 12.4. The summed E-state index contributed by atoms with van der Waals surface area (Å²) in [6.45, 7) is 0. The largest absolute Gasteiger partial charge is 0.264 e. The normalized spacial score (nSPS) is 23.4. The number of para-hydroxylation sites is 1. The van der Waals surface area contributed by atoms with Crippen LogP contribution in [0.1, 0.15) is 37.2 Å². The molecule has 0 amide bonds. The van der Waals surface area contributed by atoms with Crippen LogP contribution in [0.15, 0.2) is 82.8 Å². The van der Waals surface area contributed by atoms with Crippen molar-refractivity contribution in [2.24, 2.45) is 0 Å². The van der Waals surface area contributed by atoms with Crippen LogP contribution in [0, 0.1) is 32.1 Å². The van der Waals surface area contributed by atoms with Gasteiger partial charge in [0.05, 0.1) is 16.6 Å². The van der Waals surface area contributed by atoms with Gasteiger partial charge in [-0.1, -0.05) is 48.6 Å². The molecule has 0 spiro atoms. The van der Waals surface area contributed by atoms with Crippen molar-refractivity contribution in [1.29, 1.82) is 0 Å². The van der Waals surface area contributed by atoms with Gasteiger partial charge in [-0.3, -0.25) is 4.31 Å². The molecule has 4 aliphatic rings. The minimum Gasteiger partial charge on any atom is -0.258 e. The molecule has 0 bridgehead atoms. The van der Waals surface area contributed by atoms with E-state index < -0.39 is 10.0 Å². The number of fused-ring (bicyclic) bond motifs is 4. The maximum absolute atomic E-state index is 13.5. The van der Waals surface area contributed by atoms with E-state index in [2.05, 4.69) is 18.2 Å². The van der Waals surface area contributed by atoms with Gasteiger partial charge in [-0.2, -0.15) is 0 Å². The Morgan fingerprint density at radius 2 is 1.28 bits per heavy atom. The Kier molecular flexibility index (Phi) is 7.28. The second kappa shape index (κ2) is 9.98. The molecule has 2 aromatic rings. The van der Waals surface area contributed by atoms with Gasteiger partial charge in [0.2, 0.25) is 0 Å². The summed E-state index contributed by atoms with van der Waals surface area (Å²) in [7, 11) is -3.60. The predicted octanol–water partition coefficient (Wildman–Crippen LogP) is 5.81. The third kappa shape index (κ3) is 4.35. The Bertz CT molecular complexity index is 1100. The van der Waals surface area contributed by atoms with Crippen LogP contribution in [0.2, 0.25) is 0 Å². The number of anilines is 1. The summed E-state index contributed by atoms with van der Waals surface area (Å²) in [6.07, 6.45) is 19.2. The number of sulfonamides is 1. The smallest absolute Gasteiger partial charge is 0.258 e. The molecule has 1 heterocycles. The van der Waals surface area contributed by atoms with Gasteiger partial charge in [-0.05, 0) is 92.7 Å². The van der Waals surface area contributed by atoms with Crippen LogP contribution in [0.5, 0.6) is 0 Å². The van der Waals surface area contributed by atoms with E-state index in [-0.39, 0.29) is 28.7 Å². The Morgan fingerprint density at radius 1 is 0.719 bits per heavy atom. The quantitative estimate of drug-likeness (QED) is 0.537. The molecule has 3 aliphatic carbocycles. The SMILES string of the molecule is O=S(=O)(c1ccccc1)N1c2ccccc2[C@@H]2C=C3CCCCC3=C[C@@H]21.[CH]1[CH][CH][CH][CH]1.[Co]. The standard InChI is InChI=1S/C22H21NO2S.C5H5.Co/c24-26(25,18-10-2-1-3-11-18)23-21-13-7-6-12-19(21)20-14-16-8-4-5-9-17(16)15-22(20)23;1-2-4-5-3-1;/h1-3,6-7,10-15,20,22H,4-5,8-9H2;1-5H;/t20-,22-;;/m0../s1. The molecule has 0 saturated heterocycles. The molecule has 1 aliphatic heterocycles. The molecule has 2 saturated carbocycles. The molecule has 0 N–H and O–H groups in total. The first-order chi connectivity index (χ1) is 15.2. The summed E-state index contributed by atoms with van der Waals surface area (Å²) in [6, 6.07) is 16.6. The van der Waals surface area contributed by atoms with Gasteiger partial charge in [0.15, 0.2) is 0 Å². The average molecular weight is 488 g/mol. The van der Waals surface area contributed by atoms with Gasteiger partial charge < -0.3 is 0 Å². The van der Waals surface area contributed by atoms with Crippen LogP contribution in [0.4, 0.5) is 5.69 Å². The molecule has 166 valence electrons. The number of hydrogen-bond acceptors (Lipinski definition) is 2. The number of nitrogens with zero attached hydrogens (tertiary/aromatic N) is 1. The number of allylic oxidation sites excluding steroid dienone is 2. The van der Waals surface area contributed by atoms with Crippen molar-refractivity contribution in [1.82, 2.24) is 0 Å². The Balaban J connectivity index is 0.000000363. The number of benzene rings is 2. The third-order valence-electron chi connectivity index (χ3n) is 6.33. The van der Waals surface area contributed by atoms with Crippen molar-refractivity contribution in [3.63, 3.8) is 0 Å². The summed E-state index contributed by atoms with van der Waals surface area (Å²) < 4.78 is 28.6. The fraction of sp³-hybridized carbons (Fsp3) is 0.222. The number of hydrogen-bond donors (Lipinski definition) is 0. The molecule has 2 fully saturated rings. The van der Waals surface area contributed by atoms with Crippen LogP contribution < -0.4 is 4.31 Å². The van der Waals surface area contributed by atoms with Crippen molar-refractivity contribution in [3.05, 3.63) is 116 Å². The summed E-state index contributed by atoms with van der Waals surface area (Å²) >= 11 is 0. The first kappa shape index (κ1) is 23.3. The van der Waals surface area contributed by atoms with Crippen LogP contribution in [-0.2, 0) is 26.8 Å². The van der Waals surface area contributed by atoms with Gasteiger partial charge in [-0.25, -0.2) is 8.42 Å². The minimum absolute atomic E-state index is 0. The summed E-state index contributed by atoms with van der Waals surface area (Å²) in [4.78, 5) is 0.354. The van der Waals surface area contributed by atoms with Crippen LogP contribution in [0.25, 0.3) is 0 Å². The van der Waals surface area contributed by atoms with Crippen molar-refractivity contribution in [2.75, 3.05) is 4.31 Å². The maximum Gasteiger partial charge on any atom is 0.264 e. The molecule has 6 rings (SSSR count). The van der Waals surface area contributed by atoms with Crippen molar-refractivity contribution in [2.45, 2.75) is 42.5 Å². The van der Waals surface area contributed by atoms with Crippen molar-refractivity contribution < 1.29 is 25.2 Å². The summed E-state index contributed by atoms with van der Waals surface area (Å²) in [5.74, 6) is 0.113. The molecule has 2 atom stereocenters. The van der Waals surface area contributed by atoms with E-state index in [0.29, 0.717) is 4.90 Å². The van der Waals surface area contributed by atoms with Gasteiger partial charge in [0.25, 0.3) is 10.0 Å². The molecule has 0 aromatic heterocycles. The van der Waals surface area contributed by atoms with Gasteiger partial charge in [0, 0.05) is 22.7 Å². The topological polar surface area (TPSA) is 37.4 Å². The molecule has 2 aromatic carbocycles. The van der Waals surface area contributed by atoms with E-state index in [1.165, 1.54) is 24.0 Å². The zero-order valence-corrected chi connectivity index (χ0v) is 19.6. The average Bonchev–Trinajstić information content (AvgIpc) is 3.49. The maximum atomic E-state index is 13.5. The first-order valence-electron chi connectivity index (χ1n) is 10.9. The Labute approximate surface area is 202 Å². The van der Waals surface area contributed by atoms with E-state index >= 15 is 0 Å². The zero-order valence-electron chi connectivity index (χ0n) is 17.7. The molecule has 0 unspecified atom stereocenters. The van der Waals surface area contributed by atoms with E-state index in [1.807, 2.05) is 56.4 Å². The fourth-order valence-corrected chi connectivity index (χ4v) is 6.56. The monoisotopic (exact) mass is 487 g/mol. The Hall–Kier alpha value is -1.82. The van der Waals surface area contributed by atoms with E-state index in [0.717, 1.165) is 24.1 Å². The summed E-state index contributed by atoms with van der Waals surface area (Å²) in [5, 5.41) is 0. The molecular weight excluding hydrogens is 461 g/mol. The number of rotatable bonds is 2. The second-order valence-corrected chi connectivity index (χ2v) is 10.1.